The minimum atomic E-state index is -0.0412. The molecule has 1 fully saturated rings. The summed E-state index contributed by atoms with van der Waals surface area (Å²) in [6.07, 6.45) is 4.21. The first-order valence-corrected chi connectivity index (χ1v) is 8.90. The summed E-state index contributed by atoms with van der Waals surface area (Å²) >= 11 is 0. The zero-order valence-corrected chi connectivity index (χ0v) is 14.6. The molecular formula is C19H23N5O. The Hall–Kier alpha value is -2.63. The quantitative estimate of drug-likeness (QED) is 0.726. The fourth-order valence-electron chi connectivity index (χ4n) is 3.53. The summed E-state index contributed by atoms with van der Waals surface area (Å²) in [6, 6.07) is 8.07. The van der Waals surface area contributed by atoms with Crippen molar-refractivity contribution in [1.29, 1.82) is 0 Å². The summed E-state index contributed by atoms with van der Waals surface area (Å²) in [4.78, 5) is 20.5. The van der Waals surface area contributed by atoms with Gasteiger partial charge in [0.15, 0.2) is 0 Å². The molecule has 2 aromatic heterocycles. The van der Waals surface area contributed by atoms with Crippen LogP contribution in [-0.4, -0.2) is 25.7 Å². The van der Waals surface area contributed by atoms with E-state index in [-0.39, 0.29) is 11.9 Å². The zero-order valence-electron chi connectivity index (χ0n) is 14.6. The molecule has 1 atom stereocenters. The second kappa shape index (κ2) is 6.35. The summed E-state index contributed by atoms with van der Waals surface area (Å²) in [6.45, 7) is 4.82. The maximum Gasteiger partial charge on any atom is 0.225 e. The summed E-state index contributed by atoms with van der Waals surface area (Å²) in [5.41, 5.74) is 3.20. The maximum atomic E-state index is 12.8. The van der Waals surface area contributed by atoms with Gasteiger partial charge in [-0.15, -0.1) is 0 Å². The summed E-state index contributed by atoms with van der Waals surface area (Å²) in [5.74, 6) is 1.38. The number of rotatable bonds is 6. The van der Waals surface area contributed by atoms with Crippen LogP contribution < -0.4 is 5.32 Å². The molecule has 25 heavy (non-hydrogen) atoms. The standard InChI is InChI=1S/C19H23N5O/c1-3-24-19(20-11-21-24)18(13-8-9-13)23-17(25)10-15-12(2)22-16-7-5-4-6-14(15)16/h4-7,11,13,18,22H,3,8-10H2,1-2H3,(H,23,25)/t18-/m0/s1. The van der Waals surface area contributed by atoms with E-state index in [0.29, 0.717) is 12.3 Å². The first-order chi connectivity index (χ1) is 12.2. The highest BCUT2D eigenvalue weighted by atomic mass is 16.1. The molecule has 1 aliphatic rings. The van der Waals surface area contributed by atoms with Gasteiger partial charge < -0.3 is 10.3 Å². The smallest absolute Gasteiger partial charge is 0.225 e. The first kappa shape index (κ1) is 15.9. The van der Waals surface area contributed by atoms with Crippen molar-refractivity contribution >= 4 is 16.8 Å². The number of aryl methyl sites for hydroxylation is 2. The summed E-state index contributed by atoms with van der Waals surface area (Å²) in [5, 5.41) is 8.58. The Kier molecular flexibility index (Phi) is 4.03. The molecule has 1 amide bonds. The van der Waals surface area contributed by atoms with E-state index in [9.17, 15) is 4.79 Å². The van der Waals surface area contributed by atoms with Gasteiger partial charge in [-0.2, -0.15) is 5.10 Å². The number of hydrogen-bond acceptors (Lipinski definition) is 3. The van der Waals surface area contributed by atoms with Crippen molar-refractivity contribution in [1.82, 2.24) is 25.1 Å². The van der Waals surface area contributed by atoms with Crippen molar-refractivity contribution in [2.24, 2.45) is 5.92 Å². The van der Waals surface area contributed by atoms with Gasteiger partial charge in [-0.3, -0.25) is 4.79 Å². The largest absolute Gasteiger partial charge is 0.358 e. The van der Waals surface area contributed by atoms with E-state index in [2.05, 4.69) is 26.4 Å². The Balaban J connectivity index is 1.55. The lowest BCUT2D eigenvalue weighted by Gasteiger charge is -2.18. The number of para-hydroxylation sites is 1. The second-order valence-corrected chi connectivity index (χ2v) is 6.77. The predicted octanol–water partition coefficient (Wildman–Crippen LogP) is 2.90. The maximum absolute atomic E-state index is 12.8. The van der Waals surface area contributed by atoms with Crippen LogP contribution in [0.5, 0.6) is 0 Å². The number of fused-ring (bicyclic) bond motifs is 1. The lowest BCUT2D eigenvalue weighted by Crippen LogP contribution is -2.33. The average molecular weight is 337 g/mol. The lowest BCUT2D eigenvalue weighted by molar-refractivity contribution is -0.121. The number of carbonyl (C=O) groups excluding carboxylic acids is 1. The van der Waals surface area contributed by atoms with Gasteiger partial charge in [-0.25, -0.2) is 9.67 Å². The number of hydrogen-bond donors (Lipinski definition) is 2. The van der Waals surface area contributed by atoms with Crippen LogP contribution in [0, 0.1) is 12.8 Å². The SMILES string of the molecule is CCn1ncnc1[C@@H](NC(=O)Cc1c(C)[nH]c2ccccc12)C1CC1. The second-order valence-electron chi connectivity index (χ2n) is 6.77. The zero-order chi connectivity index (χ0) is 17.4. The molecule has 1 aliphatic carbocycles. The number of nitrogens with zero attached hydrogens (tertiary/aromatic N) is 3. The van der Waals surface area contributed by atoms with E-state index in [0.717, 1.165) is 47.4 Å². The Bertz CT molecular complexity index is 906. The molecule has 130 valence electrons. The molecular weight excluding hydrogens is 314 g/mol. The fraction of sp³-hybridized carbons (Fsp3) is 0.421. The molecule has 0 unspecified atom stereocenters. The lowest BCUT2D eigenvalue weighted by atomic mass is 10.1. The molecule has 1 aromatic carbocycles. The Morgan fingerprint density at radius 1 is 1.40 bits per heavy atom. The first-order valence-electron chi connectivity index (χ1n) is 8.90. The molecule has 3 aromatic rings. The summed E-state index contributed by atoms with van der Waals surface area (Å²) in [7, 11) is 0. The van der Waals surface area contributed by atoms with Gasteiger partial charge in [-0.1, -0.05) is 18.2 Å². The number of carbonyl (C=O) groups is 1. The van der Waals surface area contributed by atoms with Crippen LogP contribution in [0.1, 0.15) is 42.9 Å². The van der Waals surface area contributed by atoms with E-state index in [4.69, 9.17) is 0 Å². The summed E-state index contributed by atoms with van der Waals surface area (Å²) < 4.78 is 1.88. The Morgan fingerprint density at radius 3 is 2.96 bits per heavy atom. The number of aromatic amines is 1. The number of H-pyrrole nitrogens is 1. The molecule has 1 saturated carbocycles. The Labute approximate surface area is 146 Å². The highest BCUT2D eigenvalue weighted by Crippen LogP contribution is 2.40. The number of amides is 1. The molecule has 0 saturated heterocycles. The highest BCUT2D eigenvalue weighted by molar-refractivity contribution is 5.90. The molecule has 0 aliphatic heterocycles. The van der Waals surface area contributed by atoms with E-state index < -0.39 is 0 Å². The van der Waals surface area contributed by atoms with Gasteiger partial charge in [0.25, 0.3) is 0 Å². The van der Waals surface area contributed by atoms with E-state index in [1.807, 2.05) is 36.7 Å². The van der Waals surface area contributed by atoms with E-state index in [1.165, 1.54) is 0 Å². The molecule has 0 bridgehead atoms. The van der Waals surface area contributed by atoms with Crippen LogP contribution in [0.3, 0.4) is 0 Å². The van der Waals surface area contributed by atoms with Gasteiger partial charge in [0, 0.05) is 23.1 Å². The van der Waals surface area contributed by atoms with Crippen molar-refractivity contribution in [2.45, 2.75) is 45.7 Å². The number of benzene rings is 1. The van der Waals surface area contributed by atoms with Crippen molar-refractivity contribution in [3.8, 4) is 0 Å². The monoisotopic (exact) mass is 337 g/mol. The third-order valence-electron chi connectivity index (χ3n) is 5.00. The van der Waals surface area contributed by atoms with Crippen LogP contribution >= 0.6 is 0 Å². The van der Waals surface area contributed by atoms with Crippen LogP contribution in [0.2, 0.25) is 0 Å². The van der Waals surface area contributed by atoms with Gasteiger partial charge in [0.2, 0.25) is 5.91 Å². The number of aromatic nitrogens is 4. The van der Waals surface area contributed by atoms with Crippen LogP contribution in [0.15, 0.2) is 30.6 Å². The van der Waals surface area contributed by atoms with Crippen LogP contribution in [-0.2, 0) is 17.8 Å². The topological polar surface area (TPSA) is 75.6 Å². The average Bonchev–Trinajstić information content (AvgIpc) is 3.26. The minimum Gasteiger partial charge on any atom is -0.358 e. The molecule has 0 radical (unpaired) electrons. The normalized spacial score (nSPS) is 15.4. The fourth-order valence-corrected chi connectivity index (χ4v) is 3.53. The van der Waals surface area contributed by atoms with Crippen LogP contribution in [0.25, 0.3) is 10.9 Å². The molecule has 2 N–H and O–H groups in total. The van der Waals surface area contributed by atoms with Crippen molar-refractivity contribution < 1.29 is 4.79 Å². The predicted molar refractivity (Wildman–Crippen MR) is 96.0 cm³/mol. The number of nitrogens with one attached hydrogen (secondary N) is 2. The van der Waals surface area contributed by atoms with Crippen molar-refractivity contribution in [3.63, 3.8) is 0 Å². The van der Waals surface area contributed by atoms with Crippen molar-refractivity contribution in [2.75, 3.05) is 0 Å². The third-order valence-corrected chi connectivity index (χ3v) is 5.00. The molecule has 4 rings (SSSR count). The van der Waals surface area contributed by atoms with Gasteiger partial charge in [-0.05, 0) is 44.2 Å². The molecule has 6 nitrogen and oxygen atoms in total. The van der Waals surface area contributed by atoms with Gasteiger partial charge in [0.1, 0.15) is 12.2 Å². The molecule has 0 spiro atoms. The van der Waals surface area contributed by atoms with Gasteiger partial charge in [0.05, 0.1) is 12.5 Å². The van der Waals surface area contributed by atoms with Crippen molar-refractivity contribution in [3.05, 3.63) is 47.7 Å². The minimum absolute atomic E-state index is 0.0374. The highest BCUT2D eigenvalue weighted by Gasteiger charge is 2.36. The van der Waals surface area contributed by atoms with Gasteiger partial charge >= 0.3 is 0 Å². The molecule has 2 heterocycles. The van der Waals surface area contributed by atoms with E-state index >= 15 is 0 Å². The third kappa shape index (κ3) is 3.04. The van der Waals surface area contributed by atoms with Crippen LogP contribution in [0.4, 0.5) is 0 Å². The Morgan fingerprint density at radius 2 is 2.20 bits per heavy atom. The van der Waals surface area contributed by atoms with E-state index in [1.54, 1.807) is 6.33 Å². The molecule has 6 heteroatoms.